The maximum atomic E-state index is 5.17. The van der Waals surface area contributed by atoms with Crippen LogP contribution in [0.5, 0.6) is 0 Å². The highest BCUT2D eigenvalue weighted by Gasteiger charge is 2.20. The minimum atomic E-state index is 0.527. The Labute approximate surface area is 82.9 Å². The van der Waals surface area contributed by atoms with E-state index in [-0.39, 0.29) is 0 Å². The molecular formula is C12H24O. The van der Waals surface area contributed by atoms with Crippen LogP contribution in [-0.2, 0) is 4.74 Å². The molecule has 0 bridgehead atoms. The zero-order valence-corrected chi connectivity index (χ0v) is 9.44. The third kappa shape index (κ3) is 7.06. The lowest BCUT2D eigenvalue weighted by atomic mass is 9.89. The summed E-state index contributed by atoms with van der Waals surface area (Å²) < 4.78 is 5.17. The van der Waals surface area contributed by atoms with Crippen molar-refractivity contribution in [1.82, 2.24) is 0 Å². The standard InChI is InChI=1S/C12H24O/c1-12(2,3)9-7-5-4-6-8-11-10-13-11/h11H,4-10H2,1-3H3. The predicted octanol–water partition coefficient (Wildman–Crippen LogP) is 3.77. The number of hydrogen-bond acceptors (Lipinski definition) is 1. The van der Waals surface area contributed by atoms with Gasteiger partial charge >= 0.3 is 0 Å². The van der Waals surface area contributed by atoms with Crippen LogP contribution in [0.3, 0.4) is 0 Å². The molecule has 1 heteroatoms. The summed E-state index contributed by atoms with van der Waals surface area (Å²) >= 11 is 0. The average molecular weight is 184 g/mol. The average Bonchev–Trinajstić information content (AvgIpc) is 2.77. The molecule has 0 radical (unpaired) electrons. The molecule has 0 aromatic carbocycles. The van der Waals surface area contributed by atoms with Crippen LogP contribution < -0.4 is 0 Å². The van der Waals surface area contributed by atoms with Crippen LogP contribution in [0.25, 0.3) is 0 Å². The van der Waals surface area contributed by atoms with Crippen molar-refractivity contribution in [3.05, 3.63) is 0 Å². The number of rotatable bonds is 6. The van der Waals surface area contributed by atoms with Crippen molar-refractivity contribution in [2.75, 3.05) is 6.61 Å². The lowest BCUT2D eigenvalue weighted by molar-refractivity contribution is 0.352. The van der Waals surface area contributed by atoms with Crippen LogP contribution >= 0.6 is 0 Å². The molecular weight excluding hydrogens is 160 g/mol. The van der Waals surface area contributed by atoms with Gasteiger partial charge in [0.1, 0.15) is 0 Å². The Morgan fingerprint density at radius 2 is 1.69 bits per heavy atom. The van der Waals surface area contributed by atoms with Gasteiger partial charge in [0.05, 0.1) is 12.7 Å². The van der Waals surface area contributed by atoms with Gasteiger partial charge in [0.2, 0.25) is 0 Å². The van der Waals surface area contributed by atoms with Crippen molar-refractivity contribution in [2.24, 2.45) is 5.41 Å². The first-order chi connectivity index (χ1) is 6.08. The molecule has 0 aromatic rings. The maximum absolute atomic E-state index is 5.17. The van der Waals surface area contributed by atoms with Crippen molar-refractivity contribution < 1.29 is 4.74 Å². The van der Waals surface area contributed by atoms with Crippen molar-refractivity contribution in [1.29, 1.82) is 0 Å². The molecule has 1 aliphatic heterocycles. The Balaban J connectivity index is 1.78. The van der Waals surface area contributed by atoms with Crippen LogP contribution in [0.1, 0.15) is 59.3 Å². The quantitative estimate of drug-likeness (QED) is 0.452. The molecule has 0 aliphatic carbocycles. The van der Waals surface area contributed by atoms with Gasteiger partial charge in [-0.15, -0.1) is 0 Å². The van der Waals surface area contributed by atoms with Gasteiger partial charge in [-0.2, -0.15) is 0 Å². The lowest BCUT2D eigenvalue weighted by Crippen LogP contribution is -2.03. The molecule has 0 amide bonds. The van der Waals surface area contributed by atoms with E-state index in [4.69, 9.17) is 4.74 Å². The van der Waals surface area contributed by atoms with Crippen molar-refractivity contribution in [3.8, 4) is 0 Å². The normalized spacial score (nSPS) is 21.9. The molecule has 1 heterocycles. The van der Waals surface area contributed by atoms with E-state index in [0.717, 1.165) is 6.61 Å². The number of ether oxygens (including phenoxy) is 1. The smallest absolute Gasteiger partial charge is 0.0810 e. The van der Waals surface area contributed by atoms with Gasteiger partial charge in [0.25, 0.3) is 0 Å². The molecule has 1 nitrogen and oxygen atoms in total. The summed E-state index contributed by atoms with van der Waals surface area (Å²) in [5, 5.41) is 0. The second-order valence-corrected chi connectivity index (χ2v) is 5.47. The van der Waals surface area contributed by atoms with Crippen molar-refractivity contribution in [2.45, 2.75) is 65.4 Å². The fraction of sp³-hybridized carbons (Fsp3) is 1.00. The summed E-state index contributed by atoms with van der Waals surface area (Å²) in [7, 11) is 0. The molecule has 0 aromatic heterocycles. The highest BCUT2D eigenvalue weighted by atomic mass is 16.6. The second kappa shape index (κ2) is 4.99. The summed E-state index contributed by atoms with van der Waals surface area (Å²) in [6.07, 6.45) is 8.88. The van der Waals surface area contributed by atoms with E-state index in [0.29, 0.717) is 11.5 Å². The molecule has 1 atom stereocenters. The van der Waals surface area contributed by atoms with Crippen molar-refractivity contribution in [3.63, 3.8) is 0 Å². The molecule has 1 aliphatic rings. The predicted molar refractivity (Wildman–Crippen MR) is 56.9 cm³/mol. The first kappa shape index (κ1) is 11.0. The fourth-order valence-electron chi connectivity index (χ4n) is 1.62. The van der Waals surface area contributed by atoms with Gasteiger partial charge in [-0.25, -0.2) is 0 Å². The Bertz CT molecular complexity index is 131. The fourth-order valence-corrected chi connectivity index (χ4v) is 1.62. The third-order valence-electron chi connectivity index (χ3n) is 2.61. The van der Waals surface area contributed by atoms with Gasteiger partial charge in [-0.3, -0.25) is 0 Å². The summed E-state index contributed by atoms with van der Waals surface area (Å²) in [4.78, 5) is 0. The molecule has 1 fully saturated rings. The molecule has 0 N–H and O–H groups in total. The lowest BCUT2D eigenvalue weighted by Gasteiger charge is -2.17. The van der Waals surface area contributed by atoms with E-state index in [1.54, 1.807) is 0 Å². The molecule has 78 valence electrons. The molecule has 0 spiro atoms. The molecule has 1 rings (SSSR count). The van der Waals surface area contributed by atoms with Gasteiger partial charge in [0.15, 0.2) is 0 Å². The van der Waals surface area contributed by atoms with Crippen LogP contribution in [-0.4, -0.2) is 12.7 Å². The van der Waals surface area contributed by atoms with Gasteiger partial charge in [-0.1, -0.05) is 46.5 Å². The monoisotopic (exact) mass is 184 g/mol. The Morgan fingerprint density at radius 1 is 1.08 bits per heavy atom. The highest BCUT2D eigenvalue weighted by Crippen LogP contribution is 2.23. The van der Waals surface area contributed by atoms with E-state index < -0.39 is 0 Å². The zero-order chi connectivity index (χ0) is 9.73. The summed E-state index contributed by atoms with van der Waals surface area (Å²) in [5.74, 6) is 0. The minimum absolute atomic E-state index is 0.527. The van der Waals surface area contributed by atoms with Crippen LogP contribution in [0.2, 0.25) is 0 Å². The van der Waals surface area contributed by atoms with E-state index in [2.05, 4.69) is 20.8 Å². The van der Waals surface area contributed by atoms with Crippen LogP contribution in [0.4, 0.5) is 0 Å². The topological polar surface area (TPSA) is 12.5 Å². The summed E-state index contributed by atoms with van der Waals surface area (Å²) in [5.41, 5.74) is 0.527. The van der Waals surface area contributed by atoms with E-state index in [1.807, 2.05) is 0 Å². The molecule has 1 unspecified atom stereocenters. The molecule has 13 heavy (non-hydrogen) atoms. The van der Waals surface area contributed by atoms with Crippen LogP contribution in [0, 0.1) is 5.41 Å². The first-order valence-electron chi connectivity index (χ1n) is 5.69. The van der Waals surface area contributed by atoms with E-state index >= 15 is 0 Å². The summed E-state index contributed by atoms with van der Waals surface area (Å²) in [6.45, 7) is 8.00. The zero-order valence-electron chi connectivity index (χ0n) is 9.44. The first-order valence-corrected chi connectivity index (χ1v) is 5.69. The van der Waals surface area contributed by atoms with Crippen LogP contribution in [0.15, 0.2) is 0 Å². The van der Waals surface area contributed by atoms with E-state index in [9.17, 15) is 0 Å². The van der Waals surface area contributed by atoms with Crippen molar-refractivity contribution >= 4 is 0 Å². The minimum Gasteiger partial charge on any atom is -0.373 e. The number of unbranched alkanes of at least 4 members (excludes halogenated alkanes) is 3. The van der Waals surface area contributed by atoms with Gasteiger partial charge in [-0.05, 0) is 18.3 Å². The maximum Gasteiger partial charge on any atom is 0.0810 e. The van der Waals surface area contributed by atoms with Gasteiger partial charge in [0, 0.05) is 0 Å². The Morgan fingerprint density at radius 3 is 2.23 bits per heavy atom. The Kier molecular flexibility index (Phi) is 4.24. The van der Waals surface area contributed by atoms with Gasteiger partial charge < -0.3 is 4.74 Å². The number of epoxide rings is 1. The summed E-state index contributed by atoms with van der Waals surface area (Å²) in [6, 6.07) is 0. The molecule has 1 saturated heterocycles. The Hall–Kier alpha value is -0.0400. The largest absolute Gasteiger partial charge is 0.373 e. The highest BCUT2D eigenvalue weighted by molar-refractivity contribution is 4.68. The third-order valence-corrected chi connectivity index (χ3v) is 2.61. The van der Waals surface area contributed by atoms with E-state index in [1.165, 1.54) is 38.5 Å². The SMILES string of the molecule is CC(C)(C)CCCCCCC1CO1. The molecule has 0 saturated carbocycles. The second-order valence-electron chi connectivity index (χ2n) is 5.47. The number of hydrogen-bond donors (Lipinski definition) is 0.